The molecule has 7 heteroatoms. The Kier molecular flexibility index (Phi) is 6.29. The average Bonchev–Trinajstić information content (AvgIpc) is 2.38. The molecule has 1 amide bonds. The molecule has 0 unspecified atom stereocenters. The highest BCUT2D eigenvalue weighted by Gasteiger charge is 2.20. The Hall–Kier alpha value is -1.47. The molecular weight excluding hydrogens is 295 g/mol. The van der Waals surface area contributed by atoms with E-state index in [1.807, 2.05) is 13.8 Å². The highest BCUT2D eigenvalue weighted by molar-refractivity contribution is 7.89. The lowest BCUT2D eigenvalue weighted by molar-refractivity contribution is -0.114. The van der Waals surface area contributed by atoms with E-state index >= 15 is 0 Å². The molecule has 2 N–H and O–H groups in total. The second-order valence-electron chi connectivity index (χ2n) is 4.86. The maximum atomic E-state index is 13.9. The molecule has 1 aromatic carbocycles. The summed E-state index contributed by atoms with van der Waals surface area (Å²) in [6, 6.07) is 3.50. The number of hydrogen-bond donors (Lipinski definition) is 2. The molecule has 21 heavy (non-hydrogen) atoms. The third-order valence-corrected chi connectivity index (χ3v) is 4.72. The van der Waals surface area contributed by atoms with Gasteiger partial charge in [-0.15, -0.1) is 0 Å². The van der Waals surface area contributed by atoms with E-state index in [4.69, 9.17) is 0 Å². The molecule has 0 aliphatic heterocycles. The number of nitrogens with one attached hydrogen (secondary N) is 2. The minimum absolute atomic E-state index is 0.221. The fraction of sp³-hybridized carbons (Fsp3) is 0.500. The number of halogens is 1. The lowest BCUT2D eigenvalue weighted by atomic mass is 10.0. The molecule has 0 saturated heterocycles. The molecule has 0 aromatic heterocycles. The van der Waals surface area contributed by atoms with Crippen LogP contribution in [0.4, 0.5) is 10.1 Å². The number of rotatable bonds is 7. The second kappa shape index (κ2) is 7.51. The van der Waals surface area contributed by atoms with E-state index in [0.29, 0.717) is 0 Å². The van der Waals surface area contributed by atoms with Crippen LogP contribution in [-0.4, -0.2) is 20.9 Å². The van der Waals surface area contributed by atoms with Crippen molar-refractivity contribution >= 4 is 21.6 Å². The molecule has 0 bridgehead atoms. The Morgan fingerprint density at radius 3 is 2.38 bits per heavy atom. The molecule has 0 aliphatic carbocycles. The zero-order chi connectivity index (χ0) is 16.0. The smallest absolute Gasteiger partial charge is 0.243 e. The summed E-state index contributed by atoms with van der Waals surface area (Å²) in [5.74, 6) is -1.02. The van der Waals surface area contributed by atoms with Gasteiger partial charge in [0.05, 0.1) is 0 Å². The normalized spacial score (nSPS) is 11.7. The van der Waals surface area contributed by atoms with Crippen molar-refractivity contribution in [1.29, 1.82) is 0 Å². The van der Waals surface area contributed by atoms with E-state index in [2.05, 4.69) is 10.0 Å². The monoisotopic (exact) mass is 316 g/mol. The van der Waals surface area contributed by atoms with Gasteiger partial charge in [0.25, 0.3) is 0 Å². The van der Waals surface area contributed by atoms with Gasteiger partial charge in [0.15, 0.2) is 0 Å². The Bertz CT molecular complexity index is 598. The van der Waals surface area contributed by atoms with Crippen molar-refractivity contribution in [3.63, 3.8) is 0 Å². The van der Waals surface area contributed by atoms with Crippen LogP contribution in [0.1, 0.15) is 33.6 Å². The fourth-order valence-electron chi connectivity index (χ4n) is 1.88. The predicted octanol–water partition coefficient (Wildman–Crippen LogP) is 2.50. The van der Waals surface area contributed by atoms with Gasteiger partial charge in [-0.25, -0.2) is 17.5 Å². The number of carbonyl (C=O) groups is 1. The van der Waals surface area contributed by atoms with Crippen molar-refractivity contribution in [3.8, 4) is 0 Å². The quantitative estimate of drug-likeness (QED) is 0.811. The largest absolute Gasteiger partial charge is 0.326 e. The SMILES string of the molecule is CCC(CC)CNS(=O)(=O)c1ccc(NC(C)=O)cc1F. The van der Waals surface area contributed by atoms with Crippen LogP contribution in [-0.2, 0) is 14.8 Å². The van der Waals surface area contributed by atoms with E-state index in [1.165, 1.54) is 13.0 Å². The number of amides is 1. The molecule has 5 nitrogen and oxygen atoms in total. The maximum Gasteiger partial charge on any atom is 0.243 e. The van der Waals surface area contributed by atoms with Gasteiger partial charge in [0, 0.05) is 19.2 Å². The van der Waals surface area contributed by atoms with Crippen molar-refractivity contribution in [3.05, 3.63) is 24.0 Å². The van der Waals surface area contributed by atoms with Crippen LogP contribution in [0.2, 0.25) is 0 Å². The van der Waals surface area contributed by atoms with E-state index in [9.17, 15) is 17.6 Å². The van der Waals surface area contributed by atoms with Crippen molar-refractivity contribution in [1.82, 2.24) is 4.72 Å². The van der Waals surface area contributed by atoms with Crippen LogP contribution in [0, 0.1) is 11.7 Å². The first kappa shape index (κ1) is 17.6. The Morgan fingerprint density at radius 1 is 1.29 bits per heavy atom. The van der Waals surface area contributed by atoms with Crippen LogP contribution >= 0.6 is 0 Å². The van der Waals surface area contributed by atoms with Gasteiger partial charge < -0.3 is 5.32 Å². The highest BCUT2D eigenvalue weighted by atomic mass is 32.2. The van der Waals surface area contributed by atoms with E-state index in [-0.39, 0.29) is 24.1 Å². The summed E-state index contributed by atoms with van der Waals surface area (Å²) in [5.41, 5.74) is 0.221. The Balaban J connectivity index is 2.90. The van der Waals surface area contributed by atoms with Crippen LogP contribution in [0.25, 0.3) is 0 Å². The Morgan fingerprint density at radius 2 is 1.90 bits per heavy atom. The molecule has 0 spiro atoms. The van der Waals surface area contributed by atoms with Crippen LogP contribution in [0.15, 0.2) is 23.1 Å². The van der Waals surface area contributed by atoms with Crippen LogP contribution in [0.5, 0.6) is 0 Å². The van der Waals surface area contributed by atoms with E-state index in [0.717, 1.165) is 25.0 Å². The fourth-order valence-corrected chi connectivity index (χ4v) is 3.06. The summed E-state index contributed by atoms with van der Waals surface area (Å²) in [6.45, 7) is 5.53. The zero-order valence-electron chi connectivity index (χ0n) is 12.4. The molecule has 1 rings (SSSR count). The van der Waals surface area contributed by atoms with Gasteiger partial charge in [-0.3, -0.25) is 4.79 Å². The van der Waals surface area contributed by atoms with E-state index < -0.39 is 20.7 Å². The van der Waals surface area contributed by atoms with Crippen molar-refractivity contribution in [2.45, 2.75) is 38.5 Å². The lowest BCUT2D eigenvalue weighted by Gasteiger charge is -2.14. The van der Waals surface area contributed by atoms with Gasteiger partial charge in [-0.1, -0.05) is 26.7 Å². The predicted molar refractivity (Wildman–Crippen MR) is 80.0 cm³/mol. The first-order valence-electron chi connectivity index (χ1n) is 6.87. The van der Waals surface area contributed by atoms with Gasteiger partial charge in [0.2, 0.25) is 15.9 Å². The first-order valence-corrected chi connectivity index (χ1v) is 8.35. The maximum absolute atomic E-state index is 13.9. The topological polar surface area (TPSA) is 75.3 Å². The van der Waals surface area contributed by atoms with Crippen molar-refractivity contribution in [2.24, 2.45) is 5.92 Å². The molecule has 0 saturated carbocycles. The summed E-state index contributed by atoms with van der Waals surface area (Å²) in [5, 5.41) is 2.40. The molecular formula is C14H21FN2O3S. The van der Waals surface area contributed by atoms with Gasteiger partial charge in [-0.05, 0) is 24.1 Å². The summed E-state index contributed by atoms with van der Waals surface area (Å²) in [6.07, 6.45) is 1.70. The number of benzene rings is 1. The third kappa shape index (κ3) is 5.09. The van der Waals surface area contributed by atoms with Crippen LogP contribution in [0.3, 0.4) is 0 Å². The van der Waals surface area contributed by atoms with Gasteiger partial charge in [-0.2, -0.15) is 0 Å². The first-order chi connectivity index (χ1) is 9.80. The minimum Gasteiger partial charge on any atom is -0.326 e. The molecule has 0 radical (unpaired) electrons. The highest BCUT2D eigenvalue weighted by Crippen LogP contribution is 2.19. The summed E-state index contributed by atoms with van der Waals surface area (Å²) in [4.78, 5) is 10.5. The molecule has 0 atom stereocenters. The molecule has 0 heterocycles. The average molecular weight is 316 g/mol. The van der Waals surface area contributed by atoms with Gasteiger partial charge >= 0.3 is 0 Å². The van der Waals surface area contributed by atoms with Crippen molar-refractivity contribution in [2.75, 3.05) is 11.9 Å². The number of carbonyl (C=O) groups excluding carboxylic acids is 1. The zero-order valence-corrected chi connectivity index (χ0v) is 13.3. The van der Waals surface area contributed by atoms with Crippen LogP contribution < -0.4 is 10.0 Å². The summed E-state index contributed by atoms with van der Waals surface area (Å²) >= 11 is 0. The number of anilines is 1. The summed E-state index contributed by atoms with van der Waals surface area (Å²) in [7, 11) is -3.89. The van der Waals surface area contributed by atoms with Crippen molar-refractivity contribution < 1.29 is 17.6 Å². The lowest BCUT2D eigenvalue weighted by Crippen LogP contribution is -2.29. The summed E-state index contributed by atoms with van der Waals surface area (Å²) < 4.78 is 40.5. The molecule has 1 aromatic rings. The second-order valence-corrected chi connectivity index (χ2v) is 6.60. The minimum atomic E-state index is -3.89. The van der Waals surface area contributed by atoms with E-state index in [1.54, 1.807) is 0 Å². The number of sulfonamides is 1. The van der Waals surface area contributed by atoms with Gasteiger partial charge in [0.1, 0.15) is 10.7 Å². The number of hydrogen-bond acceptors (Lipinski definition) is 3. The molecule has 0 aliphatic rings. The Labute approximate surface area is 125 Å². The molecule has 0 fully saturated rings. The third-order valence-electron chi connectivity index (χ3n) is 3.26. The molecule has 118 valence electrons. The standard InChI is InChI=1S/C14H21FN2O3S/c1-4-11(5-2)9-16-21(19,20)14-7-6-12(8-13(14)15)17-10(3)18/h6-8,11,16H,4-5,9H2,1-3H3,(H,17,18).